The highest BCUT2D eigenvalue weighted by Gasteiger charge is 2.50. The van der Waals surface area contributed by atoms with Crippen LogP contribution in [-0.2, 0) is 6.54 Å². The predicted octanol–water partition coefficient (Wildman–Crippen LogP) is 4.53. The van der Waals surface area contributed by atoms with Crippen LogP contribution in [0.2, 0.25) is 0 Å². The summed E-state index contributed by atoms with van der Waals surface area (Å²) in [5.41, 5.74) is 0.677. The first-order valence-electron chi connectivity index (χ1n) is 11.6. The first kappa shape index (κ1) is 22.4. The number of ether oxygens (including phenoxy) is 2. The van der Waals surface area contributed by atoms with E-state index >= 15 is 0 Å². The van der Waals surface area contributed by atoms with Gasteiger partial charge in [0.2, 0.25) is 0 Å². The lowest BCUT2D eigenvalue weighted by atomic mass is 9.67. The van der Waals surface area contributed by atoms with Gasteiger partial charge >= 0.3 is 6.03 Å². The van der Waals surface area contributed by atoms with Crippen LogP contribution in [0.3, 0.4) is 0 Å². The van der Waals surface area contributed by atoms with Crippen LogP contribution in [0.4, 0.5) is 10.5 Å². The largest absolute Gasteiger partial charge is 0.497 e. The van der Waals surface area contributed by atoms with Crippen LogP contribution in [0, 0.1) is 11.3 Å². The molecule has 1 atom stereocenters. The number of nitrogens with zero attached hydrogens (tertiary/aromatic N) is 4. The summed E-state index contributed by atoms with van der Waals surface area (Å²) in [5, 5.41) is 11.8. The number of hydrogen-bond acceptors (Lipinski definition) is 5. The third kappa shape index (κ3) is 4.40. The number of methoxy groups -OCH3 is 2. The van der Waals surface area contributed by atoms with E-state index in [0.29, 0.717) is 29.6 Å². The van der Waals surface area contributed by atoms with E-state index in [0.717, 1.165) is 31.8 Å². The molecular formula is C24H35N5O3. The van der Waals surface area contributed by atoms with E-state index in [9.17, 15) is 4.79 Å². The number of rotatable bonds is 6. The van der Waals surface area contributed by atoms with Crippen molar-refractivity contribution >= 4 is 11.7 Å². The molecule has 32 heavy (non-hydrogen) atoms. The first-order valence-corrected chi connectivity index (χ1v) is 11.6. The zero-order valence-corrected chi connectivity index (χ0v) is 19.6. The molecule has 2 fully saturated rings. The molecule has 8 heteroatoms. The lowest BCUT2D eigenvalue weighted by Crippen LogP contribution is -2.36. The molecule has 1 saturated carbocycles. The summed E-state index contributed by atoms with van der Waals surface area (Å²) in [6.45, 7) is 6.69. The monoisotopic (exact) mass is 441 g/mol. The molecule has 1 N–H and O–H groups in total. The Bertz CT molecular complexity index is 935. The van der Waals surface area contributed by atoms with Gasteiger partial charge in [-0.2, -0.15) is 0 Å². The number of anilines is 1. The zero-order chi connectivity index (χ0) is 22.7. The summed E-state index contributed by atoms with van der Waals surface area (Å²) in [4.78, 5) is 15.3. The highest BCUT2D eigenvalue weighted by molar-refractivity contribution is 5.91. The molecule has 2 amide bonds. The molecule has 1 aliphatic heterocycles. The molecule has 2 aliphatic rings. The Morgan fingerprint density at radius 3 is 2.69 bits per heavy atom. The summed E-state index contributed by atoms with van der Waals surface area (Å²) < 4.78 is 13.0. The van der Waals surface area contributed by atoms with Crippen molar-refractivity contribution in [3.8, 4) is 11.5 Å². The summed E-state index contributed by atoms with van der Waals surface area (Å²) in [6, 6.07) is 5.30. The molecule has 0 radical (unpaired) electrons. The van der Waals surface area contributed by atoms with E-state index in [1.165, 1.54) is 19.3 Å². The molecule has 2 aromatic rings. The number of benzene rings is 1. The topological polar surface area (TPSA) is 81.5 Å². The fraction of sp³-hybridized carbons (Fsp3) is 0.625. The van der Waals surface area contributed by atoms with Gasteiger partial charge in [-0.3, -0.25) is 0 Å². The number of urea groups is 1. The van der Waals surface area contributed by atoms with Crippen LogP contribution < -0.4 is 14.8 Å². The molecule has 1 aliphatic carbocycles. The summed E-state index contributed by atoms with van der Waals surface area (Å²) in [5.74, 6) is 3.01. The second-order valence-corrected chi connectivity index (χ2v) is 9.59. The quantitative estimate of drug-likeness (QED) is 0.712. The van der Waals surface area contributed by atoms with Crippen LogP contribution in [0.25, 0.3) is 0 Å². The van der Waals surface area contributed by atoms with Gasteiger partial charge in [-0.05, 0) is 36.3 Å². The number of aromatic nitrogens is 3. The second kappa shape index (κ2) is 9.38. The Labute approximate surface area is 190 Å². The molecule has 1 aromatic carbocycles. The Morgan fingerprint density at radius 1 is 1.22 bits per heavy atom. The van der Waals surface area contributed by atoms with Gasteiger partial charge in [0.25, 0.3) is 0 Å². The van der Waals surface area contributed by atoms with Crippen molar-refractivity contribution < 1.29 is 14.3 Å². The lowest BCUT2D eigenvalue weighted by molar-refractivity contribution is 0.167. The van der Waals surface area contributed by atoms with Crippen molar-refractivity contribution in [2.45, 2.75) is 58.4 Å². The molecular weight excluding hydrogens is 406 g/mol. The maximum atomic E-state index is 13.4. The SMILES string of the molecule is COc1ccc(OC)c(NC(=O)N2CC(c3nncn3CC(C)C)C3(CCCCC3)C2)c1. The van der Waals surface area contributed by atoms with Gasteiger partial charge < -0.3 is 24.3 Å². The molecule has 1 saturated heterocycles. The van der Waals surface area contributed by atoms with Crippen molar-refractivity contribution in [1.82, 2.24) is 19.7 Å². The highest BCUT2D eigenvalue weighted by atomic mass is 16.5. The van der Waals surface area contributed by atoms with Crippen molar-refractivity contribution in [1.29, 1.82) is 0 Å². The van der Waals surface area contributed by atoms with E-state index in [4.69, 9.17) is 9.47 Å². The summed E-state index contributed by atoms with van der Waals surface area (Å²) in [7, 11) is 3.21. The molecule has 8 nitrogen and oxygen atoms in total. The van der Waals surface area contributed by atoms with E-state index < -0.39 is 0 Å². The van der Waals surface area contributed by atoms with Gasteiger partial charge in [-0.25, -0.2) is 4.79 Å². The van der Waals surface area contributed by atoms with Gasteiger partial charge in [0.05, 0.1) is 19.9 Å². The van der Waals surface area contributed by atoms with E-state index in [1.54, 1.807) is 26.4 Å². The van der Waals surface area contributed by atoms with Crippen LogP contribution in [-0.4, -0.2) is 53.0 Å². The molecule has 2 heterocycles. The number of nitrogens with one attached hydrogen (secondary N) is 1. The second-order valence-electron chi connectivity index (χ2n) is 9.59. The Balaban J connectivity index is 1.59. The van der Waals surface area contributed by atoms with E-state index in [2.05, 4.69) is 33.9 Å². The molecule has 0 bridgehead atoms. The predicted molar refractivity (Wildman–Crippen MR) is 123 cm³/mol. The highest BCUT2D eigenvalue weighted by Crippen LogP contribution is 2.51. The lowest BCUT2D eigenvalue weighted by Gasteiger charge is -2.37. The van der Waals surface area contributed by atoms with Crippen molar-refractivity contribution in [2.75, 3.05) is 32.6 Å². The molecule has 1 unspecified atom stereocenters. The van der Waals surface area contributed by atoms with Crippen LogP contribution in [0.15, 0.2) is 24.5 Å². The number of carbonyl (C=O) groups is 1. The maximum Gasteiger partial charge on any atom is 0.321 e. The zero-order valence-electron chi connectivity index (χ0n) is 19.6. The average Bonchev–Trinajstić information content (AvgIpc) is 3.38. The minimum Gasteiger partial charge on any atom is -0.497 e. The van der Waals surface area contributed by atoms with Gasteiger partial charge in [0.1, 0.15) is 23.7 Å². The van der Waals surface area contributed by atoms with Crippen LogP contribution in [0.5, 0.6) is 11.5 Å². The number of carbonyl (C=O) groups excluding carboxylic acids is 1. The van der Waals surface area contributed by atoms with Crippen molar-refractivity contribution in [2.24, 2.45) is 11.3 Å². The average molecular weight is 442 g/mol. The molecule has 1 spiro atoms. The smallest absolute Gasteiger partial charge is 0.321 e. The molecule has 4 rings (SSSR count). The Hall–Kier alpha value is -2.77. The first-order chi connectivity index (χ1) is 15.5. The van der Waals surface area contributed by atoms with Crippen molar-refractivity contribution in [3.63, 3.8) is 0 Å². The third-order valence-electron chi connectivity index (χ3n) is 6.95. The molecule has 1 aromatic heterocycles. The van der Waals surface area contributed by atoms with E-state index in [-0.39, 0.29) is 17.4 Å². The Morgan fingerprint density at radius 2 is 2.00 bits per heavy atom. The minimum absolute atomic E-state index is 0.0653. The third-order valence-corrected chi connectivity index (χ3v) is 6.95. The van der Waals surface area contributed by atoms with E-state index in [1.807, 2.05) is 17.3 Å². The standard InChI is InChI=1S/C24H35N5O3/c1-17(2)13-29-16-25-27-22(29)19-14-28(15-24(19)10-6-5-7-11-24)23(30)26-20-12-18(31-3)8-9-21(20)32-4/h8-9,12,16-17,19H,5-7,10-11,13-15H2,1-4H3,(H,26,30). The van der Waals surface area contributed by atoms with Crippen LogP contribution in [0.1, 0.15) is 57.7 Å². The van der Waals surface area contributed by atoms with Gasteiger partial charge in [0.15, 0.2) is 0 Å². The van der Waals surface area contributed by atoms with Gasteiger partial charge in [-0.15, -0.1) is 10.2 Å². The van der Waals surface area contributed by atoms with Gasteiger partial charge in [-0.1, -0.05) is 33.1 Å². The Kier molecular flexibility index (Phi) is 6.58. The fourth-order valence-electron chi connectivity index (χ4n) is 5.42. The maximum absolute atomic E-state index is 13.4. The minimum atomic E-state index is -0.112. The molecule has 174 valence electrons. The van der Waals surface area contributed by atoms with Gasteiger partial charge in [0, 0.05) is 31.6 Å². The number of amides is 2. The van der Waals surface area contributed by atoms with Crippen molar-refractivity contribution in [3.05, 3.63) is 30.4 Å². The number of likely N-dealkylation sites (tertiary alicyclic amines) is 1. The summed E-state index contributed by atoms with van der Waals surface area (Å²) >= 11 is 0. The normalized spacial score (nSPS) is 20.0. The number of hydrogen-bond donors (Lipinski definition) is 1. The summed E-state index contributed by atoms with van der Waals surface area (Å²) in [6.07, 6.45) is 7.76. The van der Waals surface area contributed by atoms with Crippen LogP contribution >= 0.6 is 0 Å². The fourth-order valence-corrected chi connectivity index (χ4v) is 5.42.